The molecule has 1 aromatic carbocycles. The molecule has 1 unspecified atom stereocenters. The molecule has 1 aliphatic rings. The third-order valence-corrected chi connectivity index (χ3v) is 4.44. The van der Waals surface area contributed by atoms with E-state index in [9.17, 15) is 27.2 Å². The van der Waals surface area contributed by atoms with E-state index in [0.717, 1.165) is 25.0 Å². The molecule has 6 nitrogen and oxygen atoms in total. The van der Waals surface area contributed by atoms with Gasteiger partial charge in [-0.1, -0.05) is 0 Å². The first kappa shape index (κ1) is 21.5. The van der Waals surface area contributed by atoms with Gasteiger partial charge in [-0.25, -0.2) is 22.5 Å². The van der Waals surface area contributed by atoms with Crippen molar-refractivity contribution in [3.05, 3.63) is 53.2 Å². The van der Waals surface area contributed by atoms with Crippen LogP contribution in [0.5, 0.6) is 5.75 Å². The zero-order valence-corrected chi connectivity index (χ0v) is 15.9. The van der Waals surface area contributed by atoms with Crippen LogP contribution in [0.15, 0.2) is 30.5 Å². The summed E-state index contributed by atoms with van der Waals surface area (Å²) in [5.74, 6) is -3.71. The largest absolute Gasteiger partial charge is 0.482 e. The second-order valence-electron chi connectivity index (χ2n) is 6.90. The van der Waals surface area contributed by atoms with Crippen molar-refractivity contribution in [2.45, 2.75) is 32.2 Å². The van der Waals surface area contributed by atoms with Crippen molar-refractivity contribution in [3.63, 3.8) is 0 Å². The van der Waals surface area contributed by atoms with Gasteiger partial charge in [0.25, 0.3) is 12.3 Å². The van der Waals surface area contributed by atoms with Gasteiger partial charge in [-0.2, -0.15) is 0 Å². The minimum Gasteiger partial charge on any atom is -0.482 e. The van der Waals surface area contributed by atoms with Gasteiger partial charge < -0.3 is 15.4 Å². The highest BCUT2D eigenvalue weighted by Crippen LogP contribution is 2.30. The SMILES string of the molecule is CC(NC(=O)c1ccnc(NC(=O)C2CC2)c1)c1cc(F)c(OCC(F)F)c(F)c1. The van der Waals surface area contributed by atoms with Crippen LogP contribution in [0.25, 0.3) is 0 Å². The lowest BCUT2D eigenvalue weighted by Gasteiger charge is -2.16. The standard InChI is InChI=1S/C20H19F4N3O3/c1-10(13-6-14(21)18(15(22)7-13)30-9-16(23)24)26-20(29)12-4-5-25-17(8-12)27-19(28)11-2-3-11/h4-8,10-11,16H,2-3,9H2,1H3,(H,26,29)(H,25,27,28). The van der Waals surface area contributed by atoms with Gasteiger partial charge in [-0.05, 0) is 49.6 Å². The third kappa shape index (κ3) is 5.46. The normalized spacial score (nSPS) is 14.3. The van der Waals surface area contributed by atoms with Crippen molar-refractivity contribution in [3.8, 4) is 5.75 Å². The smallest absolute Gasteiger partial charge is 0.272 e. The number of halogens is 4. The summed E-state index contributed by atoms with van der Waals surface area (Å²) in [6, 6.07) is 3.83. The predicted molar refractivity (Wildman–Crippen MR) is 99.3 cm³/mol. The lowest BCUT2D eigenvalue weighted by Crippen LogP contribution is -2.27. The summed E-state index contributed by atoms with van der Waals surface area (Å²) >= 11 is 0. The number of nitrogens with one attached hydrogen (secondary N) is 2. The fourth-order valence-corrected chi connectivity index (χ4v) is 2.69. The van der Waals surface area contributed by atoms with Crippen molar-refractivity contribution in [1.29, 1.82) is 0 Å². The molecule has 10 heteroatoms. The minimum absolute atomic E-state index is 0.0262. The predicted octanol–water partition coefficient (Wildman–Crippen LogP) is 3.84. The molecular weight excluding hydrogens is 406 g/mol. The van der Waals surface area contributed by atoms with Crippen LogP contribution in [0.2, 0.25) is 0 Å². The van der Waals surface area contributed by atoms with E-state index in [1.165, 1.54) is 25.3 Å². The number of hydrogen-bond acceptors (Lipinski definition) is 4. The fourth-order valence-electron chi connectivity index (χ4n) is 2.69. The quantitative estimate of drug-likeness (QED) is 0.630. The number of alkyl halides is 2. The maximum Gasteiger partial charge on any atom is 0.272 e. The molecule has 1 fully saturated rings. The number of nitrogens with zero attached hydrogens (tertiary/aromatic N) is 1. The maximum absolute atomic E-state index is 14.1. The van der Waals surface area contributed by atoms with Crippen molar-refractivity contribution in [1.82, 2.24) is 10.3 Å². The highest BCUT2D eigenvalue weighted by Gasteiger charge is 2.30. The molecule has 2 N–H and O–H groups in total. The van der Waals surface area contributed by atoms with Crippen LogP contribution in [0.1, 0.15) is 41.7 Å². The summed E-state index contributed by atoms with van der Waals surface area (Å²) in [5.41, 5.74) is 0.278. The number of benzene rings is 1. The second kappa shape index (κ2) is 9.10. The number of hydrogen-bond donors (Lipinski definition) is 2. The number of anilines is 1. The van der Waals surface area contributed by atoms with Crippen molar-refractivity contribution in [2.24, 2.45) is 5.92 Å². The van der Waals surface area contributed by atoms with E-state index in [2.05, 4.69) is 20.4 Å². The molecule has 2 amide bonds. The molecule has 0 spiro atoms. The molecule has 1 aromatic heterocycles. The van der Waals surface area contributed by atoms with E-state index < -0.39 is 42.4 Å². The lowest BCUT2D eigenvalue weighted by molar-refractivity contribution is -0.117. The number of rotatable bonds is 8. The van der Waals surface area contributed by atoms with Crippen molar-refractivity contribution in [2.75, 3.05) is 11.9 Å². The second-order valence-corrected chi connectivity index (χ2v) is 6.90. The molecule has 1 heterocycles. The molecule has 2 aromatic rings. The average molecular weight is 425 g/mol. The maximum atomic E-state index is 14.1. The summed E-state index contributed by atoms with van der Waals surface area (Å²) in [4.78, 5) is 28.3. The molecule has 3 rings (SSSR count). The molecule has 0 bridgehead atoms. The van der Waals surface area contributed by atoms with Crippen LogP contribution >= 0.6 is 0 Å². The Bertz CT molecular complexity index is 928. The molecule has 0 aliphatic heterocycles. The van der Waals surface area contributed by atoms with Gasteiger partial charge in [0.1, 0.15) is 12.4 Å². The first-order valence-electron chi connectivity index (χ1n) is 9.22. The van der Waals surface area contributed by atoms with Crippen LogP contribution in [-0.4, -0.2) is 29.8 Å². The number of carbonyl (C=O) groups is 2. The van der Waals surface area contributed by atoms with Crippen LogP contribution in [-0.2, 0) is 4.79 Å². The lowest BCUT2D eigenvalue weighted by atomic mass is 10.1. The van der Waals surface area contributed by atoms with E-state index >= 15 is 0 Å². The zero-order chi connectivity index (χ0) is 21.8. The van der Waals surface area contributed by atoms with Gasteiger partial charge >= 0.3 is 0 Å². The van der Waals surface area contributed by atoms with E-state index in [4.69, 9.17) is 0 Å². The van der Waals surface area contributed by atoms with Gasteiger partial charge in [-0.3, -0.25) is 9.59 Å². The van der Waals surface area contributed by atoms with E-state index in [1.54, 1.807) is 0 Å². The number of ether oxygens (including phenoxy) is 1. The van der Waals surface area contributed by atoms with Crippen LogP contribution in [0, 0.1) is 17.6 Å². The first-order valence-corrected chi connectivity index (χ1v) is 9.22. The Balaban J connectivity index is 1.67. The summed E-state index contributed by atoms with van der Waals surface area (Å²) in [7, 11) is 0. The van der Waals surface area contributed by atoms with Gasteiger partial charge in [0, 0.05) is 17.7 Å². The van der Waals surface area contributed by atoms with E-state index in [0.29, 0.717) is 0 Å². The Hall–Kier alpha value is -3.17. The summed E-state index contributed by atoms with van der Waals surface area (Å²) < 4.78 is 56.9. The fraction of sp³-hybridized carbons (Fsp3) is 0.350. The first-order chi connectivity index (χ1) is 14.2. The molecule has 1 saturated carbocycles. The van der Waals surface area contributed by atoms with Crippen LogP contribution < -0.4 is 15.4 Å². The van der Waals surface area contributed by atoms with Crippen molar-refractivity contribution < 1.29 is 31.9 Å². The highest BCUT2D eigenvalue weighted by molar-refractivity contribution is 5.97. The van der Waals surface area contributed by atoms with Crippen LogP contribution in [0.4, 0.5) is 23.4 Å². The van der Waals surface area contributed by atoms with Gasteiger partial charge in [-0.15, -0.1) is 0 Å². The Kier molecular flexibility index (Phi) is 6.53. The van der Waals surface area contributed by atoms with Gasteiger partial charge in [0.2, 0.25) is 5.91 Å². The Labute approximate surface area is 169 Å². The average Bonchev–Trinajstić information content (AvgIpc) is 3.52. The van der Waals surface area contributed by atoms with E-state index in [1.807, 2.05) is 0 Å². The highest BCUT2D eigenvalue weighted by atomic mass is 19.3. The summed E-state index contributed by atoms with van der Waals surface area (Å²) in [6.45, 7) is 0.365. The number of carbonyl (C=O) groups excluding carboxylic acids is 2. The molecule has 30 heavy (non-hydrogen) atoms. The summed E-state index contributed by atoms with van der Waals surface area (Å²) in [6.07, 6.45) is 0.128. The molecule has 1 atom stereocenters. The molecular formula is C20H19F4N3O3. The Morgan fingerprint density at radius 1 is 1.20 bits per heavy atom. The van der Waals surface area contributed by atoms with Crippen molar-refractivity contribution >= 4 is 17.6 Å². The molecule has 0 saturated heterocycles. The van der Waals surface area contributed by atoms with Gasteiger partial charge in [0.15, 0.2) is 17.4 Å². The zero-order valence-electron chi connectivity index (χ0n) is 15.9. The molecule has 160 valence electrons. The minimum atomic E-state index is -2.87. The Morgan fingerprint density at radius 3 is 2.47 bits per heavy atom. The monoisotopic (exact) mass is 425 g/mol. The molecule has 0 radical (unpaired) electrons. The number of amides is 2. The number of aromatic nitrogens is 1. The van der Waals surface area contributed by atoms with Gasteiger partial charge in [0.05, 0.1) is 6.04 Å². The summed E-state index contributed by atoms with van der Waals surface area (Å²) in [5, 5.41) is 5.21. The van der Waals surface area contributed by atoms with Crippen LogP contribution in [0.3, 0.4) is 0 Å². The topological polar surface area (TPSA) is 80.3 Å². The Morgan fingerprint density at radius 2 is 1.87 bits per heavy atom. The number of pyridine rings is 1. The third-order valence-electron chi connectivity index (χ3n) is 4.44. The van der Waals surface area contributed by atoms with E-state index in [-0.39, 0.29) is 28.8 Å². The molecule has 1 aliphatic carbocycles.